The number of methoxy groups -OCH3 is 2. The first kappa shape index (κ1) is 24.8. The van der Waals surface area contributed by atoms with Crippen molar-refractivity contribution >= 4 is 46.3 Å². The number of rotatable bonds is 6. The lowest BCUT2D eigenvalue weighted by Crippen LogP contribution is -2.37. The SMILES string of the molecule is COc1ccc(CCc2nnc(N3CCC(OC)CC3)c3ccc(C#N)c(N)c23)cc1Cl.Cl. The molecule has 4 rings (SSSR count). The number of nitrogens with two attached hydrogens (primary N) is 1. The number of ether oxygens (including phenoxy) is 2. The molecule has 0 aliphatic carbocycles. The molecule has 2 aromatic carbocycles. The Bertz CT molecular complexity index is 1170. The van der Waals surface area contributed by atoms with Gasteiger partial charge in [0.2, 0.25) is 0 Å². The number of benzene rings is 2. The van der Waals surface area contributed by atoms with Crippen LogP contribution in [0.1, 0.15) is 29.7 Å². The zero-order chi connectivity index (χ0) is 22.7. The molecule has 0 saturated carbocycles. The summed E-state index contributed by atoms with van der Waals surface area (Å²) in [6.45, 7) is 1.68. The number of fused-ring (bicyclic) bond motifs is 1. The zero-order valence-electron chi connectivity index (χ0n) is 18.7. The van der Waals surface area contributed by atoms with Crippen LogP contribution in [0, 0.1) is 11.3 Å². The third-order valence-electron chi connectivity index (χ3n) is 6.10. The first-order chi connectivity index (χ1) is 15.5. The highest BCUT2D eigenvalue weighted by Gasteiger charge is 2.23. The van der Waals surface area contributed by atoms with E-state index in [1.54, 1.807) is 20.3 Å². The van der Waals surface area contributed by atoms with Crippen molar-refractivity contribution in [1.29, 1.82) is 5.26 Å². The van der Waals surface area contributed by atoms with Gasteiger partial charge in [0.25, 0.3) is 0 Å². The molecule has 0 atom stereocenters. The van der Waals surface area contributed by atoms with Gasteiger partial charge in [0.05, 0.1) is 35.2 Å². The van der Waals surface area contributed by atoms with Crippen molar-refractivity contribution in [2.45, 2.75) is 31.8 Å². The Labute approximate surface area is 204 Å². The Hall–Kier alpha value is -2.79. The molecule has 7 nitrogen and oxygen atoms in total. The number of aromatic nitrogens is 2. The van der Waals surface area contributed by atoms with E-state index >= 15 is 0 Å². The summed E-state index contributed by atoms with van der Waals surface area (Å²) in [4.78, 5) is 2.23. The first-order valence-corrected chi connectivity index (χ1v) is 11.0. The Balaban J connectivity index is 0.00000306. The normalized spacial score (nSPS) is 14.1. The second-order valence-electron chi connectivity index (χ2n) is 7.92. The molecule has 3 aromatic rings. The van der Waals surface area contributed by atoms with E-state index in [4.69, 9.17) is 26.8 Å². The van der Waals surface area contributed by atoms with Gasteiger partial charge in [0.15, 0.2) is 5.82 Å². The van der Waals surface area contributed by atoms with Crippen molar-refractivity contribution in [3.63, 3.8) is 0 Å². The molecule has 0 unspecified atom stereocenters. The van der Waals surface area contributed by atoms with Crippen molar-refractivity contribution < 1.29 is 9.47 Å². The lowest BCUT2D eigenvalue weighted by molar-refractivity contribution is 0.0818. The number of nitrogen functional groups attached to an aromatic ring is 1. The van der Waals surface area contributed by atoms with E-state index in [-0.39, 0.29) is 18.5 Å². The number of hydrogen-bond acceptors (Lipinski definition) is 7. The van der Waals surface area contributed by atoms with E-state index in [2.05, 4.69) is 21.2 Å². The predicted molar refractivity (Wildman–Crippen MR) is 134 cm³/mol. The van der Waals surface area contributed by atoms with Gasteiger partial charge in [-0.1, -0.05) is 17.7 Å². The molecule has 0 amide bonds. The van der Waals surface area contributed by atoms with Gasteiger partial charge in [-0.05, 0) is 55.5 Å². The van der Waals surface area contributed by atoms with Crippen molar-refractivity contribution in [3.8, 4) is 11.8 Å². The summed E-state index contributed by atoms with van der Waals surface area (Å²) in [5.41, 5.74) is 9.18. The molecule has 2 heterocycles. The lowest BCUT2D eigenvalue weighted by atomic mass is 9.99. The van der Waals surface area contributed by atoms with E-state index in [9.17, 15) is 5.26 Å². The van der Waals surface area contributed by atoms with Crippen molar-refractivity contribution in [3.05, 3.63) is 52.2 Å². The number of anilines is 2. The van der Waals surface area contributed by atoms with Crippen molar-refractivity contribution in [2.75, 3.05) is 37.9 Å². The van der Waals surface area contributed by atoms with Gasteiger partial charge in [0.1, 0.15) is 11.8 Å². The van der Waals surface area contributed by atoms with Gasteiger partial charge >= 0.3 is 0 Å². The third kappa shape index (κ3) is 5.09. The van der Waals surface area contributed by atoms with Gasteiger partial charge < -0.3 is 20.1 Å². The van der Waals surface area contributed by atoms with Crippen LogP contribution in [-0.4, -0.2) is 43.6 Å². The van der Waals surface area contributed by atoms with Crippen LogP contribution < -0.4 is 15.4 Å². The summed E-state index contributed by atoms with van der Waals surface area (Å²) >= 11 is 6.28. The van der Waals surface area contributed by atoms with Crippen LogP contribution in [0.2, 0.25) is 5.02 Å². The molecule has 9 heteroatoms. The van der Waals surface area contributed by atoms with Gasteiger partial charge in [-0.15, -0.1) is 17.5 Å². The van der Waals surface area contributed by atoms with Crippen LogP contribution in [0.4, 0.5) is 11.5 Å². The molecule has 1 aliphatic rings. The quantitative estimate of drug-likeness (QED) is 0.508. The number of nitrogens with zero attached hydrogens (tertiary/aromatic N) is 4. The molecule has 0 spiro atoms. The van der Waals surface area contributed by atoms with Crippen LogP contribution in [0.25, 0.3) is 10.8 Å². The summed E-state index contributed by atoms with van der Waals surface area (Å²) in [5, 5.41) is 21.0. The summed E-state index contributed by atoms with van der Waals surface area (Å²) in [5.74, 6) is 1.45. The van der Waals surface area contributed by atoms with E-state index in [1.807, 2.05) is 24.3 Å². The largest absolute Gasteiger partial charge is 0.495 e. The summed E-state index contributed by atoms with van der Waals surface area (Å²) in [6, 6.07) is 11.6. The molecule has 1 aromatic heterocycles. The highest BCUT2D eigenvalue weighted by Crippen LogP contribution is 2.34. The number of hydrogen-bond donors (Lipinski definition) is 1. The Morgan fingerprint density at radius 1 is 1.15 bits per heavy atom. The maximum absolute atomic E-state index is 9.51. The average Bonchev–Trinajstić information content (AvgIpc) is 2.83. The molecule has 1 saturated heterocycles. The van der Waals surface area contributed by atoms with Crippen LogP contribution >= 0.6 is 24.0 Å². The third-order valence-corrected chi connectivity index (χ3v) is 6.40. The predicted octanol–water partition coefficient (Wildman–Crippen LogP) is 4.57. The number of aryl methyl sites for hydroxylation is 2. The van der Waals surface area contributed by atoms with E-state index in [1.165, 1.54) is 0 Å². The lowest BCUT2D eigenvalue weighted by Gasteiger charge is -2.32. The van der Waals surface area contributed by atoms with Gasteiger partial charge in [-0.3, -0.25) is 0 Å². The minimum absolute atomic E-state index is 0. The van der Waals surface area contributed by atoms with Gasteiger partial charge in [0, 0.05) is 31.0 Å². The standard InChI is InChI=1S/C24H26ClN5O2.ClH/c1-31-17-9-11-30(12-10-17)24-18-6-5-16(14-26)23(27)22(18)20(28-29-24)7-3-15-4-8-21(32-2)19(25)13-15;/h4-6,8,13,17H,3,7,9-12,27H2,1-2H3;1H. The average molecular weight is 488 g/mol. The smallest absolute Gasteiger partial charge is 0.159 e. The van der Waals surface area contributed by atoms with Crippen LogP contribution in [-0.2, 0) is 17.6 Å². The summed E-state index contributed by atoms with van der Waals surface area (Å²) in [7, 11) is 3.35. The fourth-order valence-electron chi connectivity index (χ4n) is 4.27. The molecule has 0 bridgehead atoms. The Kier molecular flexibility index (Phi) is 8.20. The minimum atomic E-state index is 0. The monoisotopic (exact) mass is 487 g/mol. The van der Waals surface area contributed by atoms with E-state index in [0.717, 1.165) is 53.8 Å². The summed E-state index contributed by atoms with van der Waals surface area (Å²) in [6.07, 6.45) is 3.48. The Morgan fingerprint density at radius 3 is 2.55 bits per heavy atom. The minimum Gasteiger partial charge on any atom is -0.495 e. The molecule has 2 N–H and O–H groups in total. The maximum Gasteiger partial charge on any atom is 0.159 e. The van der Waals surface area contributed by atoms with Crippen molar-refractivity contribution in [1.82, 2.24) is 10.2 Å². The second-order valence-corrected chi connectivity index (χ2v) is 8.33. The van der Waals surface area contributed by atoms with Gasteiger partial charge in [-0.2, -0.15) is 10.4 Å². The van der Waals surface area contributed by atoms with Crippen LogP contribution in [0.15, 0.2) is 30.3 Å². The highest BCUT2D eigenvalue weighted by molar-refractivity contribution is 6.32. The number of piperidine rings is 1. The molecular formula is C24H27Cl2N5O2. The topological polar surface area (TPSA) is 97.3 Å². The Morgan fingerprint density at radius 2 is 1.91 bits per heavy atom. The van der Waals surface area contributed by atoms with Crippen molar-refractivity contribution in [2.24, 2.45) is 0 Å². The number of halogens is 2. The first-order valence-electron chi connectivity index (χ1n) is 10.6. The molecule has 1 aliphatic heterocycles. The van der Waals surface area contributed by atoms with Crippen LogP contribution in [0.3, 0.4) is 0 Å². The highest BCUT2D eigenvalue weighted by atomic mass is 35.5. The van der Waals surface area contributed by atoms with Crippen LogP contribution in [0.5, 0.6) is 5.75 Å². The number of nitriles is 1. The molecule has 0 radical (unpaired) electrons. The molecular weight excluding hydrogens is 461 g/mol. The van der Waals surface area contributed by atoms with E-state index in [0.29, 0.717) is 34.9 Å². The maximum atomic E-state index is 9.51. The fraction of sp³-hybridized carbons (Fsp3) is 0.375. The fourth-order valence-corrected chi connectivity index (χ4v) is 4.55. The van der Waals surface area contributed by atoms with E-state index < -0.39 is 0 Å². The molecule has 1 fully saturated rings. The molecule has 33 heavy (non-hydrogen) atoms. The summed E-state index contributed by atoms with van der Waals surface area (Å²) < 4.78 is 10.7. The van der Waals surface area contributed by atoms with Gasteiger partial charge in [-0.25, -0.2) is 0 Å². The second kappa shape index (κ2) is 10.9. The molecule has 174 valence electrons. The zero-order valence-corrected chi connectivity index (χ0v) is 20.2.